The first kappa shape index (κ1) is 57.1. The molecular weight excluding hydrogens is 1200 g/mol. The van der Waals surface area contributed by atoms with E-state index in [-0.39, 0.29) is 5.78 Å². The summed E-state index contributed by atoms with van der Waals surface area (Å²) in [5.74, 6) is -0.396. The van der Waals surface area contributed by atoms with Crippen LogP contribution >= 0.6 is 39.1 Å². The molecule has 0 amide bonds. The highest BCUT2D eigenvalue weighted by Gasteiger charge is 2.34. The molecule has 0 atom stereocenters. The van der Waals surface area contributed by atoms with E-state index in [1.54, 1.807) is 24.3 Å². The van der Waals surface area contributed by atoms with Gasteiger partial charge in [0.2, 0.25) is 0 Å². The minimum Gasteiger partial charge on any atom is -0.465 e. The van der Waals surface area contributed by atoms with Gasteiger partial charge < -0.3 is 14.8 Å². The van der Waals surface area contributed by atoms with Gasteiger partial charge in [0.05, 0.1) is 12.7 Å². The van der Waals surface area contributed by atoms with Crippen molar-refractivity contribution in [3.63, 3.8) is 0 Å². The standard InChI is InChI=1S/C40H25ClO2.C32H21BO2.C8H6BrClO/c1-43-40(42)34-23-26(41)19-20-28(34)27-21-22-33-37-29(27)17-10-18-32(37)38-35(24-11-4-2-5-12-24)30-15-8-9-16-31(30)36(39(33)38)25-13-6-3-7-14-25;34-33(35)27-19-18-26-30-24(27)16-9-17-25(30)31-28(20-10-3-1-4-11-20)22-14-7-8-15-23(22)29(32(26)31)21-12-5-2-6-13-21;1-5(11)7-4-6(10)2-3-8(7)9/h2-23H,1H3;1-19,34-35H;2-4H,1H3. The van der Waals surface area contributed by atoms with Gasteiger partial charge in [-0.2, -0.15) is 0 Å². The monoisotopic (exact) mass is 1250 g/mol. The smallest absolute Gasteiger partial charge is 0.465 e. The van der Waals surface area contributed by atoms with Crippen molar-refractivity contribution >= 4 is 107 Å². The molecule has 89 heavy (non-hydrogen) atoms. The third-order valence-corrected chi connectivity index (χ3v) is 18.3. The Morgan fingerprint density at radius 3 is 1.10 bits per heavy atom. The van der Waals surface area contributed by atoms with Gasteiger partial charge in [0, 0.05) is 20.1 Å². The van der Waals surface area contributed by atoms with Gasteiger partial charge in [-0.25, -0.2) is 4.79 Å². The van der Waals surface area contributed by atoms with E-state index in [9.17, 15) is 19.6 Å². The summed E-state index contributed by atoms with van der Waals surface area (Å²) in [5, 5.41) is 30.4. The van der Waals surface area contributed by atoms with E-state index >= 15 is 0 Å². The first-order valence-electron chi connectivity index (χ1n) is 29.2. The lowest BCUT2D eigenvalue weighted by atomic mass is 9.76. The molecule has 0 saturated carbocycles. The fourth-order valence-corrected chi connectivity index (χ4v) is 14.4. The van der Waals surface area contributed by atoms with Gasteiger partial charge in [-0.3, -0.25) is 4.79 Å². The number of ketones is 1. The lowest BCUT2D eigenvalue weighted by molar-refractivity contribution is 0.0601. The van der Waals surface area contributed by atoms with Crippen LogP contribution in [0.25, 0.3) is 143 Å². The molecule has 16 rings (SSSR count). The fourth-order valence-electron chi connectivity index (χ4n) is 13.5. The van der Waals surface area contributed by atoms with Crippen LogP contribution in [0, 0.1) is 0 Å². The predicted octanol–water partition coefficient (Wildman–Crippen LogP) is 21.0. The zero-order chi connectivity index (χ0) is 61.0. The van der Waals surface area contributed by atoms with Crippen molar-refractivity contribution in [2.75, 3.05) is 7.11 Å². The number of esters is 1. The number of carbonyl (C=O) groups excluding carboxylic acids is 2. The molecular formula is C80H52BBrCl2O5. The summed E-state index contributed by atoms with van der Waals surface area (Å²) in [4.78, 5) is 23.8. The van der Waals surface area contributed by atoms with E-state index in [1.807, 2.05) is 30.3 Å². The molecule has 5 nitrogen and oxygen atoms in total. The molecule has 0 heterocycles. The molecule has 9 heteroatoms. The summed E-state index contributed by atoms with van der Waals surface area (Å²) in [6.45, 7) is 1.51. The molecule has 14 aromatic rings. The van der Waals surface area contributed by atoms with E-state index in [0.29, 0.717) is 26.6 Å². The average molecular weight is 1250 g/mol. The number of fused-ring (bicyclic) bond motifs is 8. The van der Waals surface area contributed by atoms with Gasteiger partial charge in [-0.15, -0.1) is 0 Å². The van der Waals surface area contributed by atoms with Crippen molar-refractivity contribution in [1.82, 2.24) is 0 Å². The SMILES string of the molecule is CC(=O)c1cc(Cl)ccc1Br.COC(=O)c1cc(Cl)ccc1-c1ccc2c3c(cccc13)-c1c-2c(-c2ccccc2)c2ccccc2c1-c1ccccc1.OB(O)c1ccc2c3c(cccc13)-c1c-2c(-c2ccccc2)c2ccccc2c1-c1ccccc1. The zero-order valence-corrected chi connectivity index (χ0v) is 51.3. The van der Waals surface area contributed by atoms with Crippen molar-refractivity contribution in [3.8, 4) is 100 Å². The van der Waals surface area contributed by atoms with Crippen molar-refractivity contribution in [1.29, 1.82) is 0 Å². The second-order valence-electron chi connectivity index (χ2n) is 22.1. The molecule has 2 N–H and O–H groups in total. The lowest BCUT2D eigenvalue weighted by Gasteiger charge is -2.20. The summed E-state index contributed by atoms with van der Waals surface area (Å²) in [5.41, 5.74) is 22.5. The number of Topliss-reactive ketones (excluding diaryl/α,β-unsaturated/α-hetero) is 1. The predicted molar refractivity (Wildman–Crippen MR) is 374 cm³/mol. The highest BCUT2D eigenvalue weighted by Crippen LogP contribution is 2.60. The molecule has 2 aliphatic rings. The van der Waals surface area contributed by atoms with Crippen LogP contribution in [0.4, 0.5) is 0 Å². The number of carbonyl (C=O) groups is 2. The van der Waals surface area contributed by atoms with Crippen LogP contribution in [0.15, 0.2) is 271 Å². The van der Waals surface area contributed by atoms with Crippen LogP contribution < -0.4 is 5.46 Å². The first-order valence-corrected chi connectivity index (χ1v) is 30.8. The summed E-state index contributed by atoms with van der Waals surface area (Å²) < 4.78 is 5.94. The third kappa shape index (κ3) is 9.93. The van der Waals surface area contributed by atoms with Crippen LogP contribution in [0.2, 0.25) is 10.0 Å². The van der Waals surface area contributed by atoms with Crippen molar-refractivity contribution in [2.24, 2.45) is 0 Å². The number of hydrogen-bond donors (Lipinski definition) is 2. The average Bonchev–Trinajstić information content (AvgIpc) is 1.58. The Balaban J connectivity index is 0.000000135. The zero-order valence-electron chi connectivity index (χ0n) is 48.2. The maximum atomic E-state index is 12.9. The Bertz CT molecular complexity index is 4990. The molecule has 2 aliphatic carbocycles. The molecule has 426 valence electrons. The normalized spacial score (nSPS) is 11.4. The largest absolute Gasteiger partial charge is 0.489 e. The molecule has 0 unspecified atom stereocenters. The Labute approximate surface area is 534 Å². The lowest BCUT2D eigenvalue weighted by Crippen LogP contribution is -2.30. The highest BCUT2D eigenvalue weighted by molar-refractivity contribution is 9.10. The van der Waals surface area contributed by atoms with E-state index in [0.717, 1.165) is 42.9 Å². The van der Waals surface area contributed by atoms with Gasteiger partial charge in [0.15, 0.2) is 5.78 Å². The van der Waals surface area contributed by atoms with Crippen LogP contribution in [0.1, 0.15) is 27.6 Å². The highest BCUT2D eigenvalue weighted by atomic mass is 79.9. The number of halogens is 3. The maximum Gasteiger partial charge on any atom is 0.489 e. The van der Waals surface area contributed by atoms with E-state index < -0.39 is 13.1 Å². The van der Waals surface area contributed by atoms with Crippen LogP contribution in [0.5, 0.6) is 0 Å². The molecule has 0 aliphatic heterocycles. The first-order chi connectivity index (χ1) is 43.5. The topological polar surface area (TPSA) is 83.8 Å². The van der Waals surface area contributed by atoms with Gasteiger partial charge in [0.1, 0.15) is 0 Å². The second-order valence-corrected chi connectivity index (χ2v) is 23.8. The van der Waals surface area contributed by atoms with Crippen LogP contribution in [-0.4, -0.2) is 36.0 Å². The van der Waals surface area contributed by atoms with Gasteiger partial charge in [0.25, 0.3) is 0 Å². The van der Waals surface area contributed by atoms with Crippen LogP contribution in [-0.2, 0) is 4.74 Å². The minimum absolute atomic E-state index is 0.0133. The Morgan fingerprint density at radius 2 is 0.697 bits per heavy atom. The summed E-state index contributed by atoms with van der Waals surface area (Å²) in [7, 11) is -0.123. The molecule has 0 radical (unpaired) electrons. The van der Waals surface area contributed by atoms with Gasteiger partial charge in [-0.05, 0) is 186 Å². The number of benzene rings is 14. The number of methoxy groups -OCH3 is 1. The Morgan fingerprint density at radius 1 is 0.360 bits per heavy atom. The number of ether oxygens (including phenoxy) is 1. The Kier molecular flexibility index (Phi) is 15.2. The van der Waals surface area contributed by atoms with Gasteiger partial charge in [-0.1, -0.05) is 276 Å². The molecule has 0 aromatic heterocycles. The molecule has 0 saturated heterocycles. The fraction of sp³-hybridized carbons (Fsp3) is 0.0250. The van der Waals surface area contributed by atoms with E-state index in [1.165, 1.54) is 119 Å². The molecule has 0 fully saturated rings. The minimum atomic E-state index is -1.52. The maximum absolute atomic E-state index is 12.9. The van der Waals surface area contributed by atoms with Gasteiger partial charge >= 0.3 is 13.1 Å². The van der Waals surface area contributed by atoms with E-state index in [4.69, 9.17) is 27.9 Å². The summed E-state index contributed by atoms with van der Waals surface area (Å²) >= 11 is 15.3. The van der Waals surface area contributed by atoms with Crippen molar-refractivity contribution in [2.45, 2.75) is 6.92 Å². The molecule has 14 aromatic carbocycles. The number of rotatable bonds is 8. The summed E-state index contributed by atoms with van der Waals surface area (Å²) in [6.07, 6.45) is 0. The number of hydrogen-bond acceptors (Lipinski definition) is 5. The van der Waals surface area contributed by atoms with Crippen molar-refractivity contribution < 1.29 is 24.4 Å². The quantitative estimate of drug-likeness (QED) is 0.0900. The van der Waals surface area contributed by atoms with Crippen LogP contribution in [0.3, 0.4) is 0 Å². The summed E-state index contributed by atoms with van der Waals surface area (Å²) in [6, 6.07) is 91.5. The second kappa shape index (κ2) is 23.8. The third-order valence-electron chi connectivity index (χ3n) is 17.1. The molecule has 0 bridgehead atoms. The Hall–Kier alpha value is -9.70. The van der Waals surface area contributed by atoms with Crippen molar-refractivity contribution in [3.05, 3.63) is 293 Å². The van der Waals surface area contributed by atoms with E-state index in [2.05, 4.69) is 228 Å². The molecule has 0 spiro atoms.